The van der Waals surface area contributed by atoms with Crippen LogP contribution in [0, 0.1) is 0 Å². The number of nitrogens with one attached hydrogen (secondary N) is 1. The van der Waals surface area contributed by atoms with Crippen LogP contribution in [0.15, 0.2) is 0 Å². The highest BCUT2D eigenvalue weighted by molar-refractivity contribution is 7.39. The highest BCUT2D eigenvalue weighted by atomic mass is 31.2. The Hall–Kier alpha value is 0.190. The van der Waals surface area contributed by atoms with Crippen molar-refractivity contribution in [3.63, 3.8) is 0 Å². The topological polar surface area (TPSA) is 68.2 Å². The fourth-order valence-corrected chi connectivity index (χ4v) is 3.15. The van der Waals surface area contributed by atoms with Gasteiger partial charge in [0.2, 0.25) is 0 Å². The zero-order valence-corrected chi connectivity index (χ0v) is 15.0. The summed E-state index contributed by atoms with van der Waals surface area (Å²) in [5.74, 6) is 0. The van der Waals surface area contributed by atoms with Gasteiger partial charge in [-0.3, -0.25) is 4.90 Å². The molecule has 0 saturated carbocycles. The summed E-state index contributed by atoms with van der Waals surface area (Å²) in [6, 6.07) is 0. The van der Waals surface area contributed by atoms with Gasteiger partial charge >= 0.3 is 8.60 Å². The standard InChI is InChI=1S/C9H20N2.C5H12NO3P/c1-8(2)6-10-7-9(3,4)11(8)5;7-10(8)9-6-4-2-1-3-5-6/h10H,6-7H2,1-5H3;7-8H,1-5H2. The molecule has 0 aliphatic carbocycles. The molecule has 0 aromatic carbocycles. The third-order valence-electron chi connectivity index (χ3n) is 4.43. The molecule has 0 aromatic heterocycles. The molecule has 0 bridgehead atoms. The van der Waals surface area contributed by atoms with Crippen molar-refractivity contribution in [2.24, 2.45) is 0 Å². The van der Waals surface area contributed by atoms with E-state index in [9.17, 15) is 0 Å². The summed E-state index contributed by atoms with van der Waals surface area (Å²) in [6.45, 7) is 12.9. The van der Waals surface area contributed by atoms with Crippen LogP contribution in [0.3, 0.4) is 0 Å². The first-order valence-corrected chi connectivity index (χ1v) is 8.87. The number of piperidine rings is 1. The Kier molecular flexibility index (Phi) is 7.47. The molecular formula is C14H32N3O3P. The molecule has 0 aromatic rings. The lowest BCUT2D eigenvalue weighted by molar-refractivity contribution is -0.0803. The predicted octanol–water partition coefficient (Wildman–Crippen LogP) is 1.69. The Balaban J connectivity index is 0.000000211. The van der Waals surface area contributed by atoms with Crippen molar-refractivity contribution in [3.8, 4) is 0 Å². The lowest BCUT2D eigenvalue weighted by Crippen LogP contribution is -2.66. The van der Waals surface area contributed by atoms with Crippen LogP contribution in [0.5, 0.6) is 0 Å². The average Bonchev–Trinajstić information content (AvgIpc) is 2.37. The van der Waals surface area contributed by atoms with E-state index in [4.69, 9.17) is 14.4 Å². The fourth-order valence-electron chi connectivity index (χ4n) is 2.78. The first-order chi connectivity index (χ1) is 9.65. The molecule has 6 nitrogen and oxygen atoms in total. The molecule has 3 N–H and O–H groups in total. The van der Waals surface area contributed by atoms with Crippen LogP contribution in [0.4, 0.5) is 0 Å². The van der Waals surface area contributed by atoms with Crippen LogP contribution in [0.1, 0.15) is 47.0 Å². The van der Waals surface area contributed by atoms with Gasteiger partial charge in [-0.1, -0.05) is 6.42 Å². The van der Waals surface area contributed by atoms with Crippen molar-refractivity contribution in [3.05, 3.63) is 0 Å². The maximum Gasteiger partial charge on any atom is 0.345 e. The van der Waals surface area contributed by atoms with Crippen LogP contribution >= 0.6 is 8.60 Å². The SMILES string of the molecule is CN1C(C)(C)CNCC1(C)C.OP(O)ON1CCCCC1. The highest BCUT2D eigenvalue weighted by Crippen LogP contribution is 2.28. The van der Waals surface area contributed by atoms with Crippen LogP contribution < -0.4 is 5.32 Å². The van der Waals surface area contributed by atoms with E-state index in [0.717, 1.165) is 39.0 Å². The number of nitrogens with zero attached hydrogens (tertiary/aromatic N) is 2. The number of likely N-dealkylation sites (N-methyl/N-ethyl adjacent to an activating group) is 1. The maximum absolute atomic E-state index is 8.46. The van der Waals surface area contributed by atoms with Crippen molar-refractivity contribution in [2.45, 2.75) is 58.0 Å². The second-order valence-electron chi connectivity index (χ2n) is 7.11. The first-order valence-electron chi connectivity index (χ1n) is 7.71. The normalized spacial score (nSPS) is 26.3. The highest BCUT2D eigenvalue weighted by Gasteiger charge is 2.38. The molecular weight excluding hydrogens is 289 g/mol. The average molecular weight is 321 g/mol. The zero-order valence-electron chi connectivity index (χ0n) is 14.1. The van der Waals surface area contributed by atoms with E-state index in [-0.39, 0.29) is 0 Å². The van der Waals surface area contributed by atoms with Crippen molar-refractivity contribution >= 4 is 8.60 Å². The minimum absolute atomic E-state index is 0.293. The van der Waals surface area contributed by atoms with E-state index in [0.29, 0.717) is 11.1 Å². The predicted molar refractivity (Wildman–Crippen MR) is 86.7 cm³/mol. The molecule has 0 radical (unpaired) electrons. The number of hydrogen-bond donors (Lipinski definition) is 3. The lowest BCUT2D eigenvalue weighted by Gasteiger charge is -2.51. The van der Waals surface area contributed by atoms with Crippen molar-refractivity contribution in [2.75, 3.05) is 33.2 Å². The number of hydrogen-bond acceptors (Lipinski definition) is 6. The van der Waals surface area contributed by atoms with Crippen LogP contribution in [-0.4, -0.2) is 64.1 Å². The fraction of sp³-hybridized carbons (Fsp3) is 1.00. The van der Waals surface area contributed by atoms with Gasteiger partial charge in [0.1, 0.15) is 0 Å². The van der Waals surface area contributed by atoms with Gasteiger partial charge in [-0.15, -0.1) is 0 Å². The summed E-state index contributed by atoms with van der Waals surface area (Å²) in [6.07, 6.45) is 3.39. The van der Waals surface area contributed by atoms with Gasteiger partial charge < -0.3 is 15.1 Å². The summed E-state index contributed by atoms with van der Waals surface area (Å²) < 4.78 is 4.70. The molecule has 126 valence electrons. The van der Waals surface area contributed by atoms with E-state index >= 15 is 0 Å². The largest absolute Gasteiger partial charge is 0.345 e. The van der Waals surface area contributed by atoms with Gasteiger partial charge in [0, 0.05) is 37.3 Å². The summed E-state index contributed by atoms with van der Waals surface area (Å²) in [5, 5.41) is 5.07. The summed E-state index contributed by atoms with van der Waals surface area (Å²) in [7, 11) is 0.0118. The zero-order chi connectivity index (χ0) is 16.1. The van der Waals surface area contributed by atoms with Crippen molar-refractivity contribution in [1.82, 2.24) is 15.3 Å². The number of rotatable bonds is 2. The third kappa shape index (κ3) is 6.45. The quantitative estimate of drug-likeness (QED) is 0.673. The van der Waals surface area contributed by atoms with Gasteiger partial charge in [0.05, 0.1) is 0 Å². The Morgan fingerprint density at radius 1 is 0.952 bits per heavy atom. The molecule has 0 amide bonds. The molecule has 2 saturated heterocycles. The Morgan fingerprint density at radius 2 is 1.43 bits per heavy atom. The molecule has 7 heteroatoms. The lowest BCUT2D eigenvalue weighted by atomic mass is 9.90. The van der Waals surface area contributed by atoms with Gasteiger partial charge in [-0.2, -0.15) is 5.06 Å². The van der Waals surface area contributed by atoms with E-state index in [1.807, 2.05) is 0 Å². The van der Waals surface area contributed by atoms with Gasteiger partial charge in [-0.25, -0.2) is 4.62 Å². The molecule has 2 rings (SSSR count). The van der Waals surface area contributed by atoms with Gasteiger partial charge in [0.15, 0.2) is 0 Å². The molecule has 2 heterocycles. The minimum Gasteiger partial charge on any atom is -0.327 e. The molecule has 0 atom stereocenters. The van der Waals surface area contributed by atoms with E-state index in [1.54, 1.807) is 5.06 Å². The Bertz CT molecular complexity index is 292. The first kappa shape index (κ1) is 19.2. The number of hydroxylamine groups is 2. The molecule has 2 aliphatic rings. The molecule has 21 heavy (non-hydrogen) atoms. The molecule has 2 aliphatic heterocycles. The van der Waals surface area contributed by atoms with E-state index in [2.05, 4.69) is 45.0 Å². The second kappa shape index (κ2) is 8.16. The van der Waals surface area contributed by atoms with E-state index < -0.39 is 8.60 Å². The monoisotopic (exact) mass is 321 g/mol. The molecule has 0 spiro atoms. The Morgan fingerprint density at radius 3 is 1.81 bits per heavy atom. The maximum atomic E-state index is 8.46. The Labute approximate surface area is 130 Å². The van der Waals surface area contributed by atoms with Gasteiger partial charge in [-0.05, 0) is 47.6 Å². The summed E-state index contributed by atoms with van der Waals surface area (Å²) in [4.78, 5) is 19.4. The van der Waals surface area contributed by atoms with Crippen LogP contribution in [-0.2, 0) is 4.62 Å². The number of piperazine rings is 1. The van der Waals surface area contributed by atoms with E-state index in [1.165, 1.54) is 6.42 Å². The molecule has 2 fully saturated rings. The van der Waals surface area contributed by atoms with Crippen molar-refractivity contribution < 1.29 is 14.4 Å². The van der Waals surface area contributed by atoms with Crippen molar-refractivity contribution in [1.29, 1.82) is 0 Å². The van der Waals surface area contributed by atoms with Crippen LogP contribution in [0.2, 0.25) is 0 Å². The van der Waals surface area contributed by atoms with Gasteiger partial charge in [0.25, 0.3) is 0 Å². The summed E-state index contributed by atoms with van der Waals surface area (Å²) in [5.41, 5.74) is 0.587. The minimum atomic E-state index is -2.20. The van der Waals surface area contributed by atoms with Crippen LogP contribution in [0.25, 0.3) is 0 Å². The third-order valence-corrected chi connectivity index (χ3v) is 4.81. The smallest absolute Gasteiger partial charge is 0.327 e. The molecule has 0 unspecified atom stereocenters. The summed E-state index contributed by atoms with van der Waals surface area (Å²) >= 11 is 0. The second-order valence-corrected chi connectivity index (χ2v) is 7.78.